The highest BCUT2D eigenvalue weighted by molar-refractivity contribution is 5.91. The highest BCUT2D eigenvalue weighted by Gasteiger charge is 2.36. The van der Waals surface area contributed by atoms with Crippen molar-refractivity contribution in [2.45, 2.75) is 25.4 Å². The van der Waals surface area contributed by atoms with Crippen molar-refractivity contribution in [2.24, 2.45) is 5.92 Å². The summed E-state index contributed by atoms with van der Waals surface area (Å²) in [7, 11) is 0. The molecule has 0 bridgehead atoms. The number of furan rings is 1. The summed E-state index contributed by atoms with van der Waals surface area (Å²) in [6, 6.07) is 5.98. The predicted molar refractivity (Wildman–Crippen MR) is 95.0 cm³/mol. The molecule has 1 aliphatic rings. The van der Waals surface area contributed by atoms with Gasteiger partial charge in [-0.15, -0.1) is 0 Å². The molecule has 1 saturated carbocycles. The van der Waals surface area contributed by atoms with Crippen LogP contribution in [0.5, 0.6) is 0 Å². The van der Waals surface area contributed by atoms with Gasteiger partial charge in [-0.3, -0.25) is 4.79 Å². The lowest BCUT2D eigenvalue weighted by Gasteiger charge is -2.08. The summed E-state index contributed by atoms with van der Waals surface area (Å²) in [5.41, 5.74) is -0.802. The molecule has 3 rings (SSSR count). The lowest BCUT2D eigenvalue weighted by atomic mass is 10.3. The number of carbonyl (C=O) groups excluding carboxylic acids is 1. The summed E-state index contributed by atoms with van der Waals surface area (Å²) in [6.45, 7) is 2.81. The number of nitrogens with one attached hydrogen (secondary N) is 2. The summed E-state index contributed by atoms with van der Waals surface area (Å²) in [4.78, 5) is 15.5. The fourth-order valence-corrected chi connectivity index (χ4v) is 2.63. The maximum Gasteiger partial charge on any atom is 0.417 e. The van der Waals surface area contributed by atoms with Gasteiger partial charge in [-0.25, -0.2) is 4.98 Å². The number of amides is 1. The zero-order valence-corrected chi connectivity index (χ0v) is 14.7. The van der Waals surface area contributed by atoms with E-state index in [-0.39, 0.29) is 5.91 Å². The highest BCUT2D eigenvalue weighted by Crippen LogP contribution is 2.47. The van der Waals surface area contributed by atoms with Crippen molar-refractivity contribution in [1.29, 1.82) is 0 Å². The fraction of sp³-hybridized carbons (Fsp3) is 0.368. The molecule has 1 fully saturated rings. The number of nitrogens with zero attached hydrogens (tertiary/aromatic N) is 1. The van der Waals surface area contributed by atoms with Gasteiger partial charge in [0.25, 0.3) is 0 Å². The largest absolute Gasteiger partial charge is 0.461 e. The molecule has 2 atom stereocenters. The first-order chi connectivity index (χ1) is 12.8. The van der Waals surface area contributed by atoms with Crippen LogP contribution in [0.25, 0.3) is 6.08 Å². The van der Waals surface area contributed by atoms with Crippen LogP contribution in [0.2, 0.25) is 0 Å². The van der Waals surface area contributed by atoms with E-state index in [4.69, 9.17) is 4.42 Å². The van der Waals surface area contributed by atoms with Crippen LogP contribution in [0.4, 0.5) is 19.0 Å². The minimum Gasteiger partial charge on any atom is -0.461 e. The van der Waals surface area contributed by atoms with E-state index >= 15 is 0 Å². The van der Waals surface area contributed by atoms with E-state index in [0.29, 0.717) is 36.5 Å². The van der Waals surface area contributed by atoms with E-state index in [1.807, 2.05) is 12.1 Å². The van der Waals surface area contributed by atoms with Crippen LogP contribution >= 0.6 is 0 Å². The molecule has 5 nitrogen and oxygen atoms in total. The van der Waals surface area contributed by atoms with Crippen molar-refractivity contribution in [2.75, 3.05) is 18.4 Å². The number of hydrogen-bond donors (Lipinski definition) is 2. The summed E-state index contributed by atoms with van der Waals surface area (Å²) in [5, 5.41) is 5.51. The first kappa shape index (κ1) is 19.0. The number of pyridine rings is 1. The van der Waals surface area contributed by atoms with Crippen molar-refractivity contribution in [3.63, 3.8) is 0 Å². The van der Waals surface area contributed by atoms with Crippen LogP contribution in [0, 0.1) is 5.92 Å². The SMILES string of the molecule is CC1CC1c1ccc(C=CC(=O)NCCNc2ccc(C(F)(F)F)cn2)o1. The standard InChI is InChI=1S/C19H20F3N3O2/c1-12-10-15(12)16-5-3-14(27-16)4-7-18(26)24-9-8-23-17-6-2-13(11-25-17)19(20,21)22/h2-7,11-12,15H,8-10H2,1H3,(H,23,25)(H,24,26). The predicted octanol–water partition coefficient (Wildman–Crippen LogP) is 4.06. The third-order valence-electron chi connectivity index (χ3n) is 4.34. The molecule has 2 aromatic heterocycles. The fourth-order valence-electron chi connectivity index (χ4n) is 2.63. The van der Waals surface area contributed by atoms with Crippen molar-refractivity contribution in [1.82, 2.24) is 10.3 Å². The average molecular weight is 379 g/mol. The van der Waals surface area contributed by atoms with Crippen LogP contribution in [0.1, 0.15) is 36.3 Å². The Kier molecular flexibility index (Phi) is 5.53. The molecular weight excluding hydrogens is 359 g/mol. The third kappa shape index (κ3) is 5.35. The number of hydrogen-bond acceptors (Lipinski definition) is 4. The van der Waals surface area contributed by atoms with E-state index in [1.165, 1.54) is 12.1 Å². The average Bonchev–Trinajstić information content (AvgIpc) is 3.17. The minimum absolute atomic E-state index is 0.282. The van der Waals surface area contributed by atoms with E-state index in [1.54, 1.807) is 6.08 Å². The van der Waals surface area contributed by atoms with Crippen LogP contribution in [0.15, 0.2) is 41.0 Å². The van der Waals surface area contributed by atoms with Gasteiger partial charge >= 0.3 is 6.18 Å². The van der Waals surface area contributed by atoms with E-state index < -0.39 is 11.7 Å². The Morgan fingerprint density at radius 3 is 2.70 bits per heavy atom. The molecule has 0 radical (unpaired) electrons. The molecule has 27 heavy (non-hydrogen) atoms. The monoisotopic (exact) mass is 379 g/mol. The van der Waals surface area contributed by atoms with E-state index in [2.05, 4.69) is 22.5 Å². The van der Waals surface area contributed by atoms with Gasteiger partial charge in [-0.1, -0.05) is 6.92 Å². The molecule has 2 N–H and O–H groups in total. The summed E-state index contributed by atoms with van der Waals surface area (Å²) < 4.78 is 43.0. The number of halogens is 3. The van der Waals surface area contributed by atoms with Gasteiger partial charge in [0.05, 0.1) is 5.56 Å². The van der Waals surface area contributed by atoms with Crippen molar-refractivity contribution < 1.29 is 22.4 Å². The Morgan fingerprint density at radius 1 is 1.30 bits per heavy atom. The Labute approximate surface area is 154 Å². The molecular formula is C19H20F3N3O2. The number of carbonyl (C=O) groups is 1. The molecule has 8 heteroatoms. The topological polar surface area (TPSA) is 67.2 Å². The van der Waals surface area contributed by atoms with Crippen molar-refractivity contribution >= 4 is 17.8 Å². The normalized spacial score (nSPS) is 19.3. The first-order valence-electron chi connectivity index (χ1n) is 8.65. The number of aromatic nitrogens is 1. The molecule has 1 amide bonds. The molecule has 0 aromatic carbocycles. The highest BCUT2D eigenvalue weighted by atomic mass is 19.4. The Hall–Kier alpha value is -2.77. The van der Waals surface area contributed by atoms with Crippen LogP contribution in [0.3, 0.4) is 0 Å². The number of rotatable bonds is 7. The van der Waals surface area contributed by atoms with E-state index in [0.717, 1.165) is 24.4 Å². The van der Waals surface area contributed by atoms with Gasteiger partial charge in [0, 0.05) is 31.3 Å². The zero-order valence-electron chi connectivity index (χ0n) is 14.7. The van der Waals surface area contributed by atoms with Gasteiger partial charge < -0.3 is 15.1 Å². The van der Waals surface area contributed by atoms with Crippen molar-refractivity contribution in [3.8, 4) is 0 Å². The Morgan fingerprint density at radius 2 is 2.07 bits per heavy atom. The second kappa shape index (κ2) is 7.85. The number of alkyl halides is 3. The Bertz CT molecular complexity index is 812. The third-order valence-corrected chi connectivity index (χ3v) is 4.34. The summed E-state index contributed by atoms with van der Waals surface area (Å²) >= 11 is 0. The maximum atomic E-state index is 12.5. The molecule has 1 aliphatic carbocycles. The van der Waals surface area contributed by atoms with Gasteiger partial charge in [0.15, 0.2) is 0 Å². The number of anilines is 1. The van der Waals surface area contributed by atoms with Crippen molar-refractivity contribution in [3.05, 3.63) is 53.6 Å². The maximum absolute atomic E-state index is 12.5. The van der Waals surface area contributed by atoms with Gasteiger partial charge in [-0.05, 0) is 42.7 Å². The molecule has 144 valence electrons. The molecule has 0 aliphatic heterocycles. The minimum atomic E-state index is -4.41. The van der Waals surface area contributed by atoms with Crippen LogP contribution in [-0.4, -0.2) is 24.0 Å². The zero-order chi connectivity index (χ0) is 19.4. The molecule has 0 saturated heterocycles. The summed E-state index contributed by atoms with van der Waals surface area (Å²) in [6.07, 6.45) is 0.491. The van der Waals surface area contributed by atoms with Gasteiger partial charge in [0.2, 0.25) is 5.91 Å². The molecule has 0 spiro atoms. The lowest BCUT2D eigenvalue weighted by molar-refractivity contribution is -0.137. The quantitative estimate of drug-likeness (QED) is 0.562. The van der Waals surface area contributed by atoms with Crippen LogP contribution in [-0.2, 0) is 11.0 Å². The molecule has 2 aromatic rings. The van der Waals surface area contributed by atoms with Crippen LogP contribution < -0.4 is 10.6 Å². The smallest absolute Gasteiger partial charge is 0.417 e. The molecule has 2 unspecified atom stereocenters. The first-order valence-corrected chi connectivity index (χ1v) is 8.65. The van der Waals surface area contributed by atoms with Gasteiger partial charge in [0.1, 0.15) is 17.3 Å². The van der Waals surface area contributed by atoms with Gasteiger partial charge in [-0.2, -0.15) is 13.2 Å². The molecule has 2 heterocycles. The second-order valence-electron chi connectivity index (χ2n) is 6.54. The summed E-state index contributed by atoms with van der Waals surface area (Å²) in [5.74, 6) is 2.76. The van der Waals surface area contributed by atoms with E-state index in [9.17, 15) is 18.0 Å². The Balaban J connectivity index is 1.37. The second-order valence-corrected chi connectivity index (χ2v) is 6.54. The lowest BCUT2D eigenvalue weighted by Crippen LogP contribution is -2.27.